The van der Waals surface area contributed by atoms with Crippen molar-refractivity contribution in [3.05, 3.63) is 101 Å². The maximum atomic E-state index is 13.6. The molecular weight excluding hydrogens is 470 g/mol. The third-order valence-electron chi connectivity index (χ3n) is 6.45. The molecule has 1 N–H and O–H groups in total. The van der Waals surface area contributed by atoms with Gasteiger partial charge in [0.25, 0.3) is 5.91 Å². The third kappa shape index (κ3) is 6.37. The van der Waals surface area contributed by atoms with E-state index in [4.69, 9.17) is 14.2 Å². The summed E-state index contributed by atoms with van der Waals surface area (Å²) in [6.45, 7) is 4.43. The zero-order valence-corrected chi connectivity index (χ0v) is 21.2. The number of aliphatic hydroxyl groups excluding tert-OH is 1. The Bertz CT molecular complexity index is 1180. The first-order valence-electron chi connectivity index (χ1n) is 12.6. The van der Waals surface area contributed by atoms with Crippen molar-refractivity contribution in [2.24, 2.45) is 0 Å². The van der Waals surface area contributed by atoms with Crippen molar-refractivity contribution in [1.82, 2.24) is 4.90 Å². The first-order valence-corrected chi connectivity index (χ1v) is 12.6. The lowest BCUT2D eigenvalue weighted by Crippen LogP contribution is -2.48. The van der Waals surface area contributed by atoms with Crippen molar-refractivity contribution in [2.75, 3.05) is 13.2 Å². The minimum absolute atomic E-state index is 0.0993. The van der Waals surface area contributed by atoms with E-state index in [1.54, 1.807) is 19.1 Å². The smallest absolute Gasteiger partial charge is 0.417 e. The normalized spacial score (nSPS) is 16.8. The van der Waals surface area contributed by atoms with E-state index in [-0.39, 0.29) is 13.2 Å². The molecule has 1 saturated heterocycles. The summed E-state index contributed by atoms with van der Waals surface area (Å²) < 4.78 is 16.9. The Balaban J connectivity index is 1.53. The fourth-order valence-electron chi connectivity index (χ4n) is 4.55. The number of carbonyl (C=O) groups excluding carboxylic acids is 2. The highest BCUT2D eigenvalue weighted by molar-refractivity contribution is 5.96. The molecule has 3 atom stereocenters. The fourth-order valence-corrected chi connectivity index (χ4v) is 4.55. The van der Waals surface area contributed by atoms with Gasteiger partial charge >= 0.3 is 6.09 Å². The number of aryl methyl sites for hydroxylation is 1. The number of nitrogens with zero attached hydrogens (tertiary/aromatic N) is 1. The highest BCUT2D eigenvalue weighted by Gasteiger charge is 2.43. The lowest BCUT2D eigenvalue weighted by Gasteiger charge is -2.29. The average molecular weight is 504 g/mol. The molecule has 2 amide bonds. The molecule has 1 fully saturated rings. The van der Waals surface area contributed by atoms with Gasteiger partial charge in [-0.05, 0) is 54.2 Å². The molecule has 0 aromatic heterocycles. The highest BCUT2D eigenvalue weighted by atomic mass is 16.6. The monoisotopic (exact) mass is 503 g/mol. The third-order valence-corrected chi connectivity index (χ3v) is 6.45. The van der Waals surface area contributed by atoms with E-state index in [1.807, 2.05) is 73.7 Å². The van der Waals surface area contributed by atoms with Crippen LogP contribution in [-0.4, -0.2) is 47.4 Å². The molecule has 0 bridgehead atoms. The van der Waals surface area contributed by atoms with E-state index in [0.717, 1.165) is 21.6 Å². The van der Waals surface area contributed by atoms with Crippen LogP contribution in [0.2, 0.25) is 0 Å². The molecule has 3 aromatic rings. The molecule has 0 saturated carbocycles. The van der Waals surface area contributed by atoms with E-state index in [9.17, 15) is 14.7 Å². The van der Waals surface area contributed by atoms with Crippen molar-refractivity contribution in [2.45, 2.75) is 51.5 Å². The van der Waals surface area contributed by atoms with Crippen molar-refractivity contribution in [3.63, 3.8) is 0 Å². The summed E-state index contributed by atoms with van der Waals surface area (Å²) >= 11 is 0. The molecule has 37 heavy (non-hydrogen) atoms. The largest absolute Gasteiger partial charge is 0.489 e. The SMILES string of the molecule is CCO[C@H](C(=O)N1C(=O)OC[C@@H]1Cc1ccccc1)[C@H](O)c1ccc(OCc2ccccc2)cc1CC. The van der Waals surface area contributed by atoms with E-state index in [2.05, 4.69) is 0 Å². The maximum absolute atomic E-state index is 13.6. The van der Waals surface area contributed by atoms with Crippen molar-refractivity contribution in [3.8, 4) is 5.75 Å². The van der Waals surface area contributed by atoms with Crippen LogP contribution in [0.25, 0.3) is 0 Å². The van der Waals surface area contributed by atoms with Crippen molar-refractivity contribution < 1.29 is 28.9 Å². The van der Waals surface area contributed by atoms with Gasteiger partial charge < -0.3 is 19.3 Å². The number of imide groups is 1. The number of benzene rings is 3. The molecule has 4 rings (SSSR count). The zero-order chi connectivity index (χ0) is 26.2. The molecule has 7 nitrogen and oxygen atoms in total. The lowest BCUT2D eigenvalue weighted by molar-refractivity contribution is -0.149. The predicted octanol–water partition coefficient (Wildman–Crippen LogP) is 4.86. The number of amides is 2. The van der Waals surface area contributed by atoms with Crippen LogP contribution in [-0.2, 0) is 33.7 Å². The molecule has 1 aliphatic rings. The first kappa shape index (κ1) is 26.4. The van der Waals surface area contributed by atoms with Gasteiger partial charge in [0.15, 0.2) is 6.10 Å². The Hall–Kier alpha value is -3.68. The van der Waals surface area contributed by atoms with Gasteiger partial charge in [0, 0.05) is 6.61 Å². The van der Waals surface area contributed by atoms with Gasteiger partial charge in [0.05, 0.1) is 6.04 Å². The quantitative estimate of drug-likeness (QED) is 0.402. The zero-order valence-electron chi connectivity index (χ0n) is 21.2. The Morgan fingerprint density at radius 2 is 1.70 bits per heavy atom. The molecule has 3 aromatic carbocycles. The van der Waals surface area contributed by atoms with Crippen LogP contribution in [0.5, 0.6) is 5.75 Å². The number of ether oxygens (including phenoxy) is 3. The summed E-state index contributed by atoms with van der Waals surface area (Å²) in [5.41, 5.74) is 3.43. The molecule has 7 heteroatoms. The summed E-state index contributed by atoms with van der Waals surface area (Å²) in [7, 11) is 0. The van der Waals surface area contributed by atoms with Crippen LogP contribution in [0.15, 0.2) is 78.9 Å². The molecule has 1 heterocycles. The summed E-state index contributed by atoms with van der Waals surface area (Å²) in [6, 6.07) is 24.4. The van der Waals surface area contributed by atoms with E-state index >= 15 is 0 Å². The second kappa shape index (κ2) is 12.5. The van der Waals surface area contributed by atoms with Crippen LogP contribution in [0, 0.1) is 0 Å². The minimum Gasteiger partial charge on any atom is -0.489 e. The van der Waals surface area contributed by atoms with Crippen LogP contribution in [0.4, 0.5) is 4.79 Å². The molecule has 0 aliphatic carbocycles. The summed E-state index contributed by atoms with van der Waals surface area (Å²) in [6.07, 6.45) is -2.17. The van der Waals surface area contributed by atoms with Crippen LogP contribution < -0.4 is 4.74 Å². The second-order valence-corrected chi connectivity index (χ2v) is 8.94. The average Bonchev–Trinajstić information content (AvgIpc) is 3.30. The summed E-state index contributed by atoms with van der Waals surface area (Å²) in [4.78, 5) is 27.3. The molecule has 194 valence electrons. The molecule has 1 aliphatic heterocycles. The van der Waals surface area contributed by atoms with Gasteiger partial charge in [-0.1, -0.05) is 73.7 Å². The fraction of sp³-hybridized carbons (Fsp3) is 0.333. The minimum atomic E-state index is -1.27. The highest BCUT2D eigenvalue weighted by Crippen LogP contribution is 2.30. The maximum Gasteiger partial charge on any atom is 0.417 e. The Morgan fingerprint density at radius 1 is 1.03 bits per heavy atom. The number of hydrogen-bond donors (Lipinski definition) is 1. The van der Waals surface area contributed by atoms with E-state index in [0.29, 0.717) is 30.8 Å². The van der Waals surface area contributed by atoms with Crippen molar-refractivity contribution >= 4 is 12.0 Å². The molecule has 0 radical (unpaired) electrons. The van der Waals surface area contributed by atoms with Crippen LogP contribution in [0.3, 0.4) is 0 Å². The Morgan fingerprint density at radius 3 is 2.35 bits per heavy atom. The molecule has 0 spiro atoms. The van der Waals surface area contributed by atoms with Gasteiger partial charge in [0.1, 0.15) is 25.1 Å². The number of hydrogen-bond acceptors (Lipinski definition) is 6. The van der Waals surface area contributed by atoms with Gasteiger partial charge in [-0.25, -0.2) is 9.69 Å². The molecular formula is C30H33NO6. The van der Waals surface area contributed by atoms with Gasteiger partial charge in [-0.3, -0.25) is 4.79 Å². The Labute approximate surface area is 217 Å². The van der Waals surface area contributed by atoms with E-state index < -0.39 is 30.3 Å². The topological polar surface area (TPSA) is 85.3 Å². The van der Waals surface area contributed by atoms with E-state index in [1.165, 1.54) is 0 Å². The van der Waals surface area contributed by atoms with Crippen LogP contribution in [0.1, 0.15) is 42.2 Å². The van der Waals surface area contributed by atoms with Crippen molar-refractivity contribution in [1.29, 1.82) is 0 Å². The molecule has 0 unspecified atom stereocenters. The predicted molar refractivity (Wildman–Crippen MR) is 139 cm³/mol. The summed E-state index contributed by atoms with van der Waals surface area (Å²) in [5, 5.41) is 11.3. The Kier molecular flexibility index (Phi) is 8.93. The van der Waals surface area contributed by atoms with Gasteiger partial charge in [0.2, 0.25) is 0 Å². The van der Waals surface area contributed by atoms with Gasteiger partial charge in [-0.15, -0.1) is 0 Å². The second-order valence-electron chi connectivity index (χ2n) is 8.94. The van der Waals surface area contributed by atoms with Gasteiger partial charge in [-0.2, -0.15) is 0 Å². The number of carbonyl (C=O) groups is 2. The summed E-state index contributed by atoms with van der Waals surface area (Å²) in [5.74, 6) is 0.0613. The first-order chi connectivity index (χ1) is 18.0. The number of aliphatic hydroxyl groups is 1. The number of cyclic esters (lactones) is 1. The standard InChI is InChI=1S/C30H33NO6/c1-3-23-18-25(36-19-22-13-9-6-10-14-22)15-16-26(23)27(32)28(35-4-2)29(33)31-24(20-37-30(31)34)17-21-11-7-5-8-12-21/h5-16,18,24,27-28,32H,3-4,17,19-20H2,1-2H3/t24-,27+,28-/m0/s1. The lowest BCUT2D eigenvalue weighted by atomic mass is 9.95. The van der Waals surface area contributed by atoms with Crippen LogP contribution >= 0.6 is 0 Å². The number of rotatable bonds is 11.